The summed E-state index contributed by atoms with van der Waals surface area (Å²) >= 11 is 0. The largest absolute Gasteiger partial charge is 0.399 e. The van der Waals surface area contributed by atoms with Gasteiger partial charge in [-0.2, -0.15) is 0 Å². The number of nitrogen functional groups attached to an aromatic ring is 1. The number of carbonyl (C=O) groups excluding carboxylic acids is 3. The van der Waals surface area contributed by atoms with Gasteiger partial charge in [-0.15, -0.1) is 0 Å². The molecule has 1 heterocycles. The molecule has 1 saturated heterocycles. The smallest absolute Gasteiger partial charge is 0.325 e. The van der Waals surface area contributed by atoms with E-state index in [0.29, 0.717) is 37.4 Å². The first-order chi connectivity index (χ1) is 16.3. The van der Waals surface area contributed by atoms with Crippen LogP contribution < -0.4 is 11.1 Å². The summed E-state index contributed by atoms with van der Waals surface area (Å²) in [7, 11) is 0. The number of carbonyl (C=O) groups is 3. The lowest BCUT2D eigenvalue weighted by Gasteiger charge is -2.33. The number of anilines is 1. The number of rotatable bonds is 6. The van der Waals surface area contributed by atoms with Gasteiger partial charge >= 0.3 is 6.03 Å². The molecular formula is C26H29FN4O3. The van der Waals surface area contributed by atoms with Crippen molar-refractivity contribution >= 4 is 23.5 Å². The van der Waals surface area contributed by atoms with Crippen LogP contribution in [-0.2, 0) is 29.0 Å². The van der Waals surface area contributed by atoms with E-state index in [-0.39, 0.29) is 30.2 Å². The molecule has 5 rings (SSSR count). The second-order valence-corrected chi connectivity index (χ2v) is 9.83. The number of fused-ring (bicyclic) bond motifs is 1. The maximum absolute atomic E-state index is 13.4. The van der Waals surface area contributed by atoms with E-state index in [1.807, 2.05) is 19.1 Å². The number of urea groups is 1. The Morgan fingerprint density at radius 2 is 1.94 bits per heavy atom. The standard InChI is InChI=1S/C26H29FN4O3/c1-16(18-4-5-18)30(14-17-2-7-21(27)8-3-17)23(32)15-31-24(33)26(29-25(31)34)11-10-19-12-22(28)9-6-20(19)13-26/h2-3,6-9,12,16,18H,4-5,10-11,13-15,28H2,1H3,(H,29,34)/t16-,26?/m0/s1. The molecule has 2 atom stereocenters. The zero-order valence-electron chi connectivity index (χ0n) is 19.2. The molecule has 4 amide bonds. The molecule has 0 radical (unpaired) electrons. The first-order valence-electron chi connectivity index (χ1n) is 11.8. The van der Waals surface area contributed by atoms with E-state index in [1.165, 1.54) is 12.1 Å². The molecule has 1 spiro atoms. The van der Waals surface area contributed by atoms with Crippen LogP contribution in [0.2, 0.25) is 0 Å². The number of hydrogen-bond donors (Lipinski definition) is 2. The van der Waals surface area contributed by atoms with E-state index < -0.39 is 11.6 Å². The molecule has 1 saturated carbocycles. The molecule has 2 aromatic rings. The molecule has 2 aromatic carbocycles. The highest BCUT2D eigenvalue weighted by atomic mass is 19.1. The predicted octanol–water partition coefficient (Wildman–Crippen LogP) is 3.01. The van der Waals surface area contributed by atoms with Gasteiger partial charge in [0.2, 0.25) is 5.91 Å². The highest BCUT2D eigenvalue weighted by Crippen LogP contribution is 2.37. The SMILES string of the molecule is C[C@@H](C1CC1)N(Cc1ccc(F)cc1)C(=O)CN1C(=O)NC2(CCc3cc(N)ccc3C2)C1=O. The minimum absolute atomic E-state index is 0.0284. The summed E-state index contributed by atoms with van der Waals surface area (Å²) in [6.07, 6.45) is 3.57. The number of benzene rings is 2. The van der Waals surface area contributed by atoms with Crippen LogP contribution in [0.5, 0.6) is 0 Å². The van der Waals surface area contributed by atoms with E-state index in [0.717, 1.165) is 34.4 Å². The van der Waals surface area contributed by atoms with E-state index in [4.69, 9.17) is 5.73 Å². The fourth-order valence-electron chi connectivity index (χ4n) is 5.23. The van der Waals surface area contributed by atoms with Crippen molar-refractivity contribution in [3.63, 3.8) is 0 Å². The van der Waals surface area contributed by atoms with Gasteiger partial charge in [0.1, 0.15) is 17.9 Å². The molecule has 8 heteroatoms. The van der Waals surface area contributed by atoms with Crippen molar-refractivity contribution in [1.82, 2.24) is 15.1 Å². The number of nitrogens with two attached hydrogens (primary N) is 1. The summed E-state index contributed by atoms with van der Waals surface area (Å²) in [5.41, 5.74) is 8.42. The van der Waals surface area contributed by atoms with Crippen LogP contribution in [0.25, 0.3) is 0 Å². The molecular weight excluding hydrogens is 435 g/mol. The Balaban J connectivity index is 1.33. The molecule has 34 heavy (non-hydrogen) atoms. The van der Waals surface area contributed by atoms with Gasteiger partial charge in [-0.1, -0.05) is 18.2 Å². The molecule has 7 nitrogen and oxygen atoms in total. The lowest BCUT2D eigenvalue weighted by atomic mass is 9.77. The van der Waals surface area contributed by atoms with Crippen molar-refractivity contribution in [2.75, 3.05) is 12.3 Å². The number of halogens is 1. The Hall–Kier alpha value is -3.42. The summed E-state index contributed by atoms with van der Waals surface area (Å²) in [6, 6.07) is 11.1. The number of nitrogens with zero attached hydrogens (tertiary/aromatic N) is 2. The Bertz CT molecular complexity index is 1150. The summed E-state index contributed by atoms with van der Waals surface area (Å²) < 4.78 is 13.3. The minimum Gasteiger partial charge on any atom is -0.399 e. The number of amides is 4. The summed E-state index contributed by atoms with van der Waals surface area (Å²) in [5.74, 6) is -0.568. The van der Waals surface area contributed by atoms with Crippen molar-refractivity contribution in [3.05, 3.63) is 65.0 Å². The number of aryl methyl sites for hydroxylation is 1. The highest BCUT2D eigenvalue weighted by Gasteiger charge is 2.53. The number of imide groups is 1. The molecule has 2 fully saturated rings. The van der Waals surface area contributed by atoms with Crippen molar-refractivity contribution in [2.24, 2.45) is 5.92 Å². The van der Waals surface area contributed by atoms with Crippen LogP contribution >= 0.6 is 0 Å². The third-order valence-electron chi connectivity index (χ3n) is 7.47. The zero-order valence-corrected chi connectivity index (χ0v) is 19.2. The Morgan fingerprint density at radius 1 is 1.21 bits per heavy atom. The lowest BCUT2D eigenvalue weighted by Crippen LogP contribution is -2.52. The van der Waals surface area contributed by atoms with E-state index in [2.05, 4.69) is 5.32 Å². The molecule has 1 aliphatic heterocycles. The second-order valence-electron chi connectivity index (χ2n) is 9.83. The number of nitrogens with one attached hydrogen (secondary N) is 1. The van der Waals surface area contributed by atoms with Gasteiger partial charge in [0.05, 0.1) is 0 Å². The topological polar surface area (TPSA) is 95.7 Å². The van der Waals surface area contributed by atoms with Crippen LogP contribution in [0.3, 0.4) is 0 Å². The van der Waals surface area contributed by atoms with Gasteiger partial charge in [0, 0.05) is 24.7 Å². The predicted molar refractivity (Wildman–Crippen MR) is 125 cm³/mol. The summed E-state index contributed by atoms with van der Waals surface area (Å²) in [6.45, 7) is 2.00. The van der Waals surface area contributed by atoms with Gasteiger partial charge in [-0.3, -0.25) is 14.5 Å². The lowest BCUT2D eigenvalue weighted by molar-refractivity contribution is -0.141. The maximum atomic E-state index is 13.4. The van der Waals surface area contributed by atoms with Crippen LogP contribution in [0.1, 0.15) is 42.9 Å². The average molecular weight is 465 g/mol. The van der Waals surface area contributed by atoms with Crippen molar-refractivity contribution in [1.29, 1.82) is 0 Å². The number of hydrogen-bond acceptors (Lipinski definition) is 4. The molecule has 1 unspecified atom stereocenters. The highest BCUT2D eigenvalue weighted by molar-refractivity contribution is 6.09. The quantitative estimate of drug-likeness (QED) is 0.508. The molecule has 0 aromatic heterocycles. The van der Waals surface area contributed by atoms with E-state index in [9.17, 15) is 18.8 Å². The Labute approximate surface area is 198 Å². The Kier molecular flexibility index (Phi) is 5.54. The van der Waals surface area contributed by atoms with Gasteiger partial charge in [-0.25, -0.2) is 9.18 Å². The first-order valence-corrected chi connectivity index (χ1v) is 11.8. The molecule has 3 N–H and O–H groups in total. The van der Waals surface area contributed by atoms with Crippen LogP contribution in [-0.4, -0.2) is 45.8 Å². The maximum Gasteiger partial charge on any atom is 0.325 e. The van der Waals surface area contributed by atoms with E-state index in [1.54, 1.807) is 23.1 Å². The molecule has 3 aliphatic rings. The summed E-state index contributed by atoms with van der Waals surface area (Å²) in [5, 5.41) is 2.88. The average Bonchev–Trinajstić information content (AvgIpc) is 3.64. The van der Waals surface area contributed by atoms with Gasteiger partial charge in [0.15, 0.2) is 0 Å². The minimum atomic E-state index is -1.02. The Morgan fingerprint density at radius 3 is 2.65 bits per heavy atom. The summed E-state index contributed by atoms with van der Waals surface area (Å²) in [4.78, 5) is 42.5. The van der Waals surface area contributed by atoms with Gasteiger partial charge in [0.25, 0.3) is 5.91 Å². The van der Waals surface area contributed by atoms with Gasteiger partial charge < -0.3 is 16.0 Å². The third-order valence-corrected chi connectivity index (χ3v) is 7.47. The van der Waals surface area contributed by atoms with E-state index >= 15 is 0 Å². The molecule has 0 bridgehead atoms. The fraction of sp³-hybridized carbons (Fsp3) is 0.423. The fourth-order valence-corrected chi connectivity index (χ4v) is 5.23. The van der Waals surface area contributed by atoms with Gasteiger partial charge in [-0.05, 0) is 79.5 Å². The third kappa shape index (κ3) is 4.13. The molecule has 2 aliphatic carbocycles. The monoisotopic (exact) mass is 464 g/mol. The van der Waals surface area contributed by atoms with Crippen molar-refractivity contribution in [3.8, 4) is 0 Å². The first kappa shape index (κ1) is 22.4. The van der Waals surface area contributed by atoms with Crippen molar-refractivity contribution in [2.45, 2.75) is 57.2 Å². The van der Waals surface area contributed by atoms with Crippen LogP contribution in [0, 0.1) is 11.7 Å². The second kappa shape index (κ2) is 8.42. The van der Waals surface area contributed by atoms with Crippen molar-refractivity contribution < 1.29 is 18.8 Å². The zero-order chi connectivity index (χ0) is 24.0. The normalized spacial score (nSPS) is 22.5. The van der Waals surface area contributed by atoms with Crippen LogP contribution in [0.4, 0.5) is 14.9 Å². The van der Waals surface area contributed by atoms with Crippen LogP contribution in [0.15, 0.2) is 42.5 Å². The molecule has 178 valence electrons.